The van der Waals surface area contributed by atoms with E-state index in [0.717, 1.165) is 43.6 Å². The minimum Gasteiger partial charge on any atom is -0.324 e. The molecule has 5 nitrogen and oxygen atoms in total. The molecule has 1 aliphatic rings. The number of benzene rings is 2. The Morgan fingerprint density at radius 2 is 1.73 bits per heavy atom. The molecule has 0 saturated carbocycles. The number of aryl methyl sites for hydroxylation is 1. The van der Waals surface area contributed by atoms with Crippen molar-refractivity contribution >= 4 is 22.1 Å². The van der Waals surface area contributed by atoms with E-state index in [-0.39, 0.29) is 5.56 Å². The number of carbonyl (C=O) groups excluding carboxylic acids is 1. The lowest BCUT2D eigenvalue weighted by molar-refractivity contribution is 0.172. The monoisotopic (exact) mass is 430 g/mol. The molecule has 160 valence electrons. The number of halogens is 1. The van der Waals surface area contributed by atoms with Crippen molar-refractivity contribution in [3.05, 3.63) is 76.9 Å². The van der Waals surface area contributed by atoms with E-state index in [1.54, 1.807) is 6.07 Å². The topological polar surface area (TPSA) is 66.5 Å². The lowest BCUT2D eigenvalue weighted by Gasteiger charge is -2.31. The standard InChI is InChI=1S/C23H27FN2O3S/c24-22-12-5-4-11-21(22)15-18-30(28,29)25-23(27)26-16-13-20(14-17-26)10-6-9-19-7-2-1-3-8-19/h1-5,7-8,11-12,15,18,20H,6,9-10,13-14,16-17H2,(H,25,27)/b18-15+. The van der Waals surface area contributed by atoms with Gasteiger partial charge in [0.25, 0.3) is 10.0 Å². The van der Waals surface area contributed by atoms with E-state index in [4.69, 9.17) is 0 Å². The number of nitrogens with zero attached hydrogens (tertiary/aromatic N) is 1. The number of hydrogen-bond acceptors (Lipinski definition) is 3. The van der Waals surface area contributed by atoms with Gasteiger partial charge in [-0.2, -0.15) is 0 Å². The minimum atomic E-state index is -3.99. The molecule has 3 rings (SSSR count). The molecule has 1 aliphatic heterocycles. The highest BCUT2D eigenvalue weighted by atomic mass is 32.2. The lowest BCUT2D eigenvalue weighted by atomic mass is 9.91. The van der Waals surface area contributed by atoms with Crippen molar-refractivity contribution in [1.82, 2.24) is 9.62 Å². The van der Waals surface area contributed by atoms with Crippen molar-refractivity contribution in [2.45, 2.75) is 32.1 Å². The Labute approximate surface area is 177 Å². The average molecular weight is 431 g/mol. The zero-order valence-corrected chi connectivity index (χ0v) is 17.7. The SMILES string of the molecule is O=C(NS(=O)(=O)/C=C/c1ccccc1F)N1CCC(CCCc2ccccc2)CC1. The third kappa shape index (κ3) is 6.69. The van der Waals surface area contributed by atoms with E-state index in [2.05, 4.69) is 12.1 Å². The van der Waals surface area contributed by atoms with Crippen LogP contribution in [0.3, 0.4) is 0 Å². The summed E-state index contributed by atoms with van der Waals surface area (Å²) in [6.45, 7) is 1.07. The summed E-state index contributed by atoms with van der Waals surface area (Å²) in [5.74, 6) is 0.0277. The predicted molar refractivity (Wildman–Crippen MR) is 117 cm³/mol. The molecule has 0 unspecified atom stereocenters. The van der Waals surface area contributed by atoms with Crippen molar-refractivity contribution < 1.29 is 17.6 Å². The number of rotatable bonds is 7. The van der Waals surface area contributed by atoms with Gasteiger partial charge in [-0.15, -0.1) is 0 Å². The highest BCUT2D eigenvalue weighted by molar-refractivity contribution is 7.93. The van der Waals surface area contributed by atoms with Gasteiger partial charge < -0.3 is 4.90 Å². The smallest absolute Gasteiger partial charge is 0.324 e. The summed E-state index contributed by atoms with van der Waals surface area (Å²) in [5, 5.41) is 0.819. The Bertz CT molecular complexity index is 969. The first-order chi connectivity index (χ1) is 14.4. The second kappa shape index (κ2) is 10.4. The van der Waals surface area contributed by atoms with E-state index in [1.807, 2.05) is 22.9 Å². The van der Waals surface area contributed by atoms with Crippen molar-refractivity contribution in [2.24, 2.45) is 5.92 Å². The molecule has 0 aliphatic carbocycles. The van der Waals surface area contributed by atoms with Crippen LogP contribution in [0.4, 0.5) is 9.18 Å². The predicted octanol–water partition coefficient (Wildman–Crippen LogP) is 4.57. The van der Waals surface area contributed by atoms with Crippen molar-refractivity contribution in [1.29, 1.82) is 0 Å². The molecule has 2 aromatic carbocycles. The summed E-state index contributed by atoms with van der Waals surface area (Å²) in [7, 11) is -3.99. The van der Waals surface area contributed by atoms with Gasteiger partial charge in [-0.3, -0.25) is 0 Å². The molecule has 1 N–H and O–H groups in total. The summed E-state index contributed by atoms with van der Waals surface area (Å²) in [6, 6.07) is 15.6. The fourth-order valence-corrected chi connectivity index (χ4v) is 4.42. The maximum Gasteiger partial charge on any atom is 0.331 e. The van der Waals surface area contributed by atoms with Gasteiger partial charge in [-0.1, -0.05) is 48.5 Å². The van der Waals surface area contributed by atoms with Crippen LogP contribution in [0.5, 0.6) is 0 Å². The van der Waals surface area contributed by atoms with Crippen molar-refractivity contribution in [2.75, 3.05) is 13.1 Å². The first kappa shape index (κ1) is 22.0. The Morgan fingerprint density at radius 3 is 2.43 bits per heavy atom. The van der Waals surface area contributed by atoms with Crippen LogP contribution in [0.15, 0.2) is 60.0 Å². The lowest BCUT2D eigenvalue weighted by Crippen LogP contribution is -2.45. The zero-order valence-electron chi connectivity index (χ0n) is 16.8. The number of nitrogens with one attached hydrogen (secondary N) is 1. The Morgan fingerprint density at radius 1 is 1.07 bits per heavy atom. The molecule has 0 aromatic heterocycles. The first-order valence-corrected chi connectivity index (χ1v) is 11.8. The second-order valence-electron chi connectivity index (χ2n) is 7.58. The largest absolute Gasteiger partial charge is 0.331 e. The Kier molecular flexibility index (Phi) is 7.63. The summed E-state index contributed by atoms with van der Waals surface area (Å²) < 4.78 is 39.9. The zero-order chi connectivity index (χ0) is 21.4. The quantitative estimate of drug-likeness (QED) is 0.700. The number of likely N-dealkylation sites (tertiary alicyclic amines) is 1. The van der Waals surface area contributed by atoms with E-state index in [0.29, 0.717) is 19.0 Å². The van der Waals surface area contributed by atoms with Gasteiger partial charge >= 0.3 is 6.03 Å². The second-order valence-corrected chi connectivity index (χ2v) is 9.15. The number of piperidine rings is 1. The van der Waals surface area contributed by atoms with E-state index in [1.165, 1.54) is 28.7 Å². The molecule has 1 fully saturated rings. The van der Waals surface area contributed by atoms with Crippen LogP contribution in [0.2, 0.25) is 0 Å². The van der Waals surface area contributed by atoms with E-state index in [9.17, 15) is 17.6 Å². The van der Waals surface area contributed by atoms with Gasteiger partial charge in [0, 0.05) is 18.7 Å². The van der Waals surface area contributed by atoms with Crippen LogP contribution < -0.4 is 4.72 Å². The highest BCUT2D eigenvalue weighted by Crippen LogP contribution is 2.23. The van der Waals surface area contributed by atoms with Gasteiger partial charge in [0.1, 0.15) is 5.82 Å². The molecule has 2 aromatic rings. The molecule has 2 amide bonds. The number of sulfonamides is 1. The van der Waals surface area contributed by atoms with Crippen LogP contribution in [0.25, 0.3) is 6.08 Å². The number of amides is 2. The molecule has 30 heavy (non-hydrogen) atoms. The molecule has 1 heterocycles. The highest BCUT2D eigenvalue weighted by Gasteiger charge is 2.24. The molecule has 0 spiro atoms. The molecule has 0 radical (unpaired) electrons. The number of hydrogen-bond donors (Lipinski definition) is 1. The van der Waals surface area contributed by atoms with E-state index < -0.39 is 21.9 Å². The number of urea groups is 1. The van der Waals surface area contributed by atoms with Crippen LogP contribution in [0.1, 0.15) is 36.8 Å². The summed E-state index contributed by atoms with van der Waals surface area (Å²) in [6.07, 6.45) is 6.14. The summed E-state index contributed by atoms with van der Waals surface area (Å²) in [5.41, 5.74) is 1.48. The van der Waals surface area contributed by atoms with Crippen LogP contribution in [0, 0.1) is 11.7 Å². The Balaban J connectivity index is 1.42. The van der Waals surface area contributed by atoms with Gasteiger partial charge in [0.2, 0.25) is 0 Å². The van der Waals surface area contributed by atoms with E-state index >= 15 is 0 Å². The van der Waals surface area contributed by atoms with Gasteiger partial charge in [-0.25, -0.2) is 22.3 Å². The van der Waals surface area contributed by atoms with Gasteiger partial charge in [0.15, 0.2) is 0 Å². The van der Waals surface area contributed by atoms with Crippen molar-refractivity contribution in [3.8, 4) is 0 Å². The Hall–Kier alpha value is -2.67. The minimum absolute atomic E-state index is 0.145. The van der Waals surface area contributed by atoms with Crippen LogP contribution in [-0.4, -0.2) is 32.4 Å². The third-order valence-corrected chi connectivity index (χ3v) is 6.34. The average Bonchev–Trinajstić information content (AvgIpc) is 2.74. The maximum absolute atomic E-state index is 13.6. The summed E-state index contributed by atoms with van der Waals surface area (Å²) >= 11 is 0. The molecular weight excluding hydrogens is 403 g/mol. The third-order valence-electron chi connectivity index (χ3n) is 5.38. The maximum atomic E-state index is 13.6. The fraction of sp³-hybridized carbons (Fsp3) is 0.348. The normalized spacial score (nSPS) is 15.4. The molecule has 0 atom stereocenters. The fourth-order valence-electron chi connectivity index (χ4n) is 3.66. The molecule has 1 saturated heterocycles. The molecular formula is C23H27FN2O3S. The van der Waals surface area contributed by atoms with Crippen LogP contribution in [-0.2, 0) is 16.4 Å². The molecule has 0 bridgehead atoms. The van der Waals surface area contributed by atoms with Crippen LogP contribution >= 0.6 is 0 Å². The summed E-state index contributed by atoms with van der Waals surface area (Å²) in [4.78, 5) is 13.9. The molecule has 7 heteroatoms. The van der Waals surface area contributed by atoms with Gasteiger partial charge in [-0.05, 0) is 55.7 Å². The van der Waals surface area contributed by atoms with Gasteiger partial charge in [0.05, 0.1) is 5.41 Å². The first-order valence-electron chi connectivity index (χ1n) is 10.2. The van der Waals surface area contributed by atoms with Crippen molar-refractivity contribution in [3.63, 3.8) is 0 Å². The number of carbonyl (C=O) groups is 1.